The quantitative estimate of drug-likeness (QED) is 0.858. The third-order valence-electron chi connectivity index (χ3n) is 4.82. The van der Waals surface area contributed by atoms with E-state index in [2.05, 4.69) is 9.88 Å². The number of halogens is 2. The van der Waals surface area contributed by atoms with Crippen molar-refractivity contribution in [1.29, 1.82) is 0 Å². The van der Waals surface area contributed by atoms with E-state index in [0.717, 1.165) is 25.9 Å². The SMILES string of the molecule is O=C(C1CCCN(Cc2ccncc2)C1)N1CCC(F)(F)CC1. The van der Waals surface area contributed by atoms with Crippen LogP contribution in [0, 0.1) is 5.92 Å². The first kappa shape index (κ1) is 16.3. The zero-order chi connectivity index (χ0) is 16.3. The molecule has 0 spiro atoms. The third-order valence-corrected chi connectivity index (χ3v) is 4.82. The van der Waals surface area contributed by atoms with Crippen molar-refractivity contribution in [1.82, 2.24) is 14.8 Å². The van der Waals surface area contributed by atoms with E-state index in [-0.39, 0.29) is 37.8 Å². The minimum absolute atomic E-state index is 0.0555. The molecular formula is C17H23F2N3O. The maximum atomic E-state index is 13.2. The Kier molecular flexibility index (Phi) is 4.90. The Morgan fingerprint density at radius 2 is 1.91 bits per heavy atom. The second-order valence-corrected chi connectivity index (χ2v) is 6.61. The molecule has 1 aromatic rings. The first-order chi connectivity index (χ1) is 11.0. The Labute approximate surface area is 135 Å². The Hall–Kier alpha value is -1.56. The van der Waals surface area contributed by atoms with Gasteiger partial charge in [0.05, 0.1) is 5.92 Å². The van der Waals surface area contributed by atoms with Crippen LogP contribution in [0.2, 0.25) is 0 Å². The van der Waals surface area contributed by atoms with Crippen LogP contribution in [0.5, 0.6) is 0 Å². The standard InChI is InChI=1S/C17H23F2N3O/c18-17(19)5-10-22(11-6-17)16(23)15-2-1-9-21(13-15)12-14-3-7-20-8-4-14/h3-4,7-8,15H,1-2,5-6,9-13H2. The molecule has 126 valence electrons. The maximum absolute atomic E-state index is 13.2. The Morgan fingerprint density at radius 1 is 1.22 bits per heavy atom. The number of nitrogens with zero attached hydrogens (tertiary/aromatic N) is 3. The van der Waals surface area contributed by atoms with Crippen molar-refractivity contribution in [3.8, 4) is 0 Å². The van der Waals surface area contributed by atoms with Crippen LogP contribution >= 0.6 is 0 Å². The topological polar surface area (TPSA) is 36.4 Å². The van der Waals surface area contributed by atoms with Gasteiger partial charge in [-0.15, -0.1) is 0 Å². The average molecular weight is 323 g/mol. The van der Waals surface area contributed by atoms with E-state index >= 15 is 0 Å². The Bertz CT molecular complexity index is 528. The lowest BCUT2D eigenvalue weighted by Gasteiger charge is -2.37. The van der Waals surface area contributed by atoms with Gasteiger partial charge < -0.3 is 4.90 Å². The second-order valence-electron chi connectivity index (χ2n) is 6.61. The summed E-state index contributed by atoms with van der Waals surface area (Å²) in [6.07, 6.45) is 4.98. The molecule has 1 unspecified atom stereocenters. The van der Waals surface area contributed by atoms with Gasteiger partial charge in [0.2, 0.25) is 5.91 Å². The van der Waals surface area contributed by atoms with Crippen LogP contribution in [-0.4, -0.2) is 52.8 Å². The number of piperidine rings is 2. The molecule has 0 aromatic carbocycles. The first-order valence-electron chi connectivity index (χ1n) is 8.31. The van der Waals surface area contributed by atoms with Gasteiger partial charge in [0.25, 0.3) is 5.92 Å². The molecule has 0 aliphatic carbocycles. The number of carbonyl (C=O) groups is 1. The molecule has 1 amide bonds. The molecule has 0 saturated carbocycles. The van der Waals surface area contributed by atoms with E-state index in [1.807, 2.05) is 12.1 Å². The van der Waals surface area contributed by atoms with E-state index in [4.69, 9.17) is 0 Å². The number of rotatable bonds is 3. The molecule has 3 rings (SSSR count). The molecule has 2 aliphatic heterocycles. The van der Waals surface area contributed by atoms with Gasteiger partial charge in [-0.3, -0.25) is 14.7 Å². The van der Waals surface area contributed by atoms with Crippen molar-refractivity contribution < 1.29 is 13.6 Å². The number of amides is 1. The van der Waals surface area contributed by atoms with Gasteiger partial charge in [0, 0.05) is 51.4 Å². The van der Waals surface area contributed by atoms with Gasteiger partial charge in [0.15, 0.2) is 0 Å². The van der Waals surface area contributed by atoms with E-state index < -0.39 is 5.92 Å². The highest BCUT2D eigenvalue weighted by atomic mass is 19.3. The summed E-state index contributed by atoms with van der Waals surface area (Å²) in [5.41, 5.74) is 1.19. The molecule has 2 fully saturated rings. The normalized spacial score (nSPS) is 25.3. The maximum Gasteiger partial charge on any atom is 0.251 e. The number of alkyl halides is 2. The molecule has 2 saturated heterocycles. The fraction of sp³-hybridized carbons (Fsp3) is 0.647. The number of carbonyl (C=O) groups excluding carboxylic acids is 1. The number of aromatic nitrogens is 1. The second kappa shape index (κ2) is 6.91. The highest BCUT2D eigenvalue weighted by molar-refractivity contribution is 5.79. The lowest BCUT2D eigenvalue weighted by Crippen LogP contribution is -2.48. The summed E-state index contributed by atoms with van der Waals surface area (Å²) in [6.45, 7) is 2.88. The molecular weight excluding hydrogens is 300 g/mol. The molecule has 0 bridgehead atoms. The van der Waals surface area contributed by atoms with E-state index in [1.54, 1.807) is 17.3 Å². The molecule has 1 aromatic heterocycles. The highest BCUT2D eigenvalue weighted by Gasteiger charge is 2.38. The van der Waals surface area contributed by atoms with Gasteiger partial charge in [-0.2, -0.15) is 0 Å². The summed E-state index contributed by atoms with van der Waals surface area (Å²) >= 11 is 0. The zero-order valence-electron chi connectivity index (χ0n) is 13.3. The monoisotopic (exact) mass is 323 g/mol. The van der Waals surface area contributed by atoms with Crippen molar-refractivity contribution in [2.24, 2.45) is 5.92 Å². The predicted octanol–water partition coefficient (Wildman–Crippen LogP) is 2.55. The molecule has 4 nitrogen and oxygen atoms in total. The van der Waals surface area contributed by atoms with E-state index in [9.17, 15) is 13.6 Å². The minimum Gasteiger partial charge on any atom is -0.342 e. The predicted molar refractivity (Wildman–Crippen MR) is 83.0 cm³/mol. The molecule has 23 heavy (non-hydrogen) atoms. The van der Waals surface area contributed by atoms with Crippen molar-refractivity contribution in [2.75, 3.05) is 26.2 Å². The summed E-state index contributed by atoms with van der Waals surface area (Å²) in [5, 5.41) is 0. The zero-order valence-corrected chi connectivity index (χ0v) is 13.3. The van der Waals surface area contributed by atoms with Crippen molar-refractivity contribution in [2.45, 2.75) is 38.2 Å². The van der Waals surface area contributed by atoms with Crippen molar-refractivity contribution in [3.63, 3.8) is 0 Å². The number of pyridine rings is 1. The van der Waals surface area contributed by atoms with Crippen molar-refractivity contribution in [3.05, 3.63) is 30.1 Å². The van der Waals surface area contributed by atoms with E-state index in [1.165, 1.54) is 5.56 Å². The number of hydrogen-bond donors (Lipinski definition) is 0. The minimum atomic E-state index is -2.60. The van der Waals surface area contributed by atoms with Crippen LogP contribution in [0.25, 0.3) is 0 Å². The van der Waals surface area contributed by atoms with Gasteiger partial charge in [-0.1, -0.05) is 0 Å². The van der Waals surface area contributed by atoms with Crippen LogP contribution < -0.4 is 0 Å². The van der Waals surface area contributed by atoms with Crippen LogP contribution in [0.15, 0.2) is 24.5 Å². The molecule has 3 heterocycles. The van der Waals surface area contributed by atoms with Crippen molar-refractivity contribution >= 4 is 5.91 Å². The average Bonchev–Trinajstić information content (AvgIpc) is 2.55. The Morgan fingerprint density at radius 3 is 2.61 bits per heavy atom. The lowest BCUT2D eigenvalue weighted by atomic mass is 9.94. The fourth-order valence-electron chi connectivity index (χ4n) is 3.46. The van der Waals surface area contributed by atoms with E-state index in [0.29, 0.717) is 6.54 Å². The first-order valence-corrected chi connectivity index (χ1v) is 8.31. The summed E-state index contributed by atoms with van der Waals surface area (Å²) < 4.78 is 26.5. The highest BCUT2D eigenvalue weighted by Crippen LogP contribution is 2.29. The van der Waals surface area contributed by atoms with Gasteiger partial charge in [-0.25, -0.2) is 8.78 Å². The fourth-order valence-corrected chi connectivity index (χ4v) is 3.46. The van der Waals surface area contributed by atoms with Gasteiger partial charge >= 0.3 is 0 Å². The van der Waals surface area contributed by atoms with Gasteiger partial charge in [0.1, 0.15) is 0 Å². The third kappa shape index (κ3) is 4.25. The summed E-state index contributed by atoms with van der Waals surface area (Å²) in [4.78, 5) is 20.5. The van der Waals surface area contributed by atoms with Gasteiger partial charge in [-0.05, 0) is 37.1 Å². The molecule has 6 heteroatoms. The summed E-state index contributed by atoms with van der Waals surface area (Å²) in [7, 11) is 0. The van der Waals surface area contributed by atoms with Crippen LogP contribution in [0.1, 0.15) is 31.2 Å². The Balaban J connectivity index is 1.55. The molecule has 1 atom stereocenters. The lowest BCUT2D eigenvalue weighted by molar-refractivity contribution is -0.143. The summed E-state index contributed by atoms with van der Waals surface area (Å²) in [5.74, 6) is -2.60. The van der Waals surface area contributed by atoms with Crippen LogP contribution in [0.3, 0.4) is 0 Å². The summed E-state index contributed by atoms with van der Waals surface area (Å²) in [6, 6.07) is 3.97. The van der Waals surface area contributed by atoms with Crippen LogP contribution in [-0.2, 0) is 11.3 Å². The smallest absolute Gasteiger partial charge is 0.251 e. The number of likely N-dealkylation sites (tertiary alicyclic amines) is 2. The largest absolute Gasteiger partial charge is 0.342 e. The van der Waals surface area contributed by atoms with Crippen LogP contribution in [0.4, 0.5) is 8.78 Å². The molecule has 0 radical (unpaired) electrons. The molecule has 0 N–H and O–H groups in total. The molecule has 2 aliphatic rings. The number of hydrogen-bond acceptors (Lipinski definition) is 3.